The van der Waals surface area contributed by atoms with Crippen LogP contribution in [0.2, 0.25) is 0 Å². The molecule has 0 unspecified atom stereocenters. The Kier molecular flexibility index (Phi) is 9.47. The Hall–Kier alpha value is -2.86. The molecule has 180 valence electrons. The molecular weight excluding hydrogens is 414 g/mol. The first-order chi connectivity index (χ1) is 15.6. The molecule has 6 nitrogen and oxygen atoms in total. The van der Waals surface area contributed by atoms with Crippen LogP contribution < -0.4 is 10.6 Å². The lowest BCUT2D eigenvalue weighted by Gasteiger charge is -2.31. The van der Waals surface area contributed by atoms with Crippen LogP contribution in [0.15, 0.2) is 59.0 Å². The molecule has 0 heterocycles. The van der Waals surface area contributed by atoms with Gasteiger partial charge >= 0.3 is 5.97 Å². The monoisotopic (exact) mass is 454 g/mol. The number of ether oxygens (including phenoxy) is 1. The minimum absolute atomic E-state index is 0.138. The zero-order chi connectivity index (χ0) is 24.6. The quantitative estimate of drug-likeness (QED) is 0.246. The number of hydrogen-bond acceptors (Lipinski definition) is 4. The van der Waals surface area contributed by atoms with Gasteiger partial charge in [-0.15, -0.1) is 0 Å². The molecule has 1 aromatic carbocycles. The van der Waals surface area contributed by atoms with E-state index in [-0.39, 0.29) is 12.5 Å². The minimum atomic E-state index is -0.449. The first-order valence-electron chi connectivity index (χ1n) is 11.6. The number of carbonyl (C=O) groups excluding carboxylic acids is 2. The van der Waals surface area contributed by atoms with Crippen LogP contribution in [-0.4, -0.2) is 57.2 Å². The van der Waals surface area contributed by atoms with Gasteiger partial charge in [0, 0.05) is 6.54 Å². The van der Waals surface area contributed by atoms with Gasteiger partial charge in [0.05, 0.1) is 38.2 Å². The van der Waals surface area contributed by atoms with Gasteiger partial charge in [-0.25, -0.2) is 4.79 Å². The number of amides is 1. The SMILES string of the molecule is C/C=C(C)\C(NC(=O)C[N+](C)(C)C/C(=C\C)NCC1Cc2ccccc2C1)=C(/C)C(=O)OC. The molecular formula is C27H40N3O3+. The second kappa shape index (κ2) is 11.8. The molecule has 0 bridgehead atoms. The van der Waals surface area contributed by atoms with E-state index in [9.17, 15) is 9.59 Å². The number of allylic oxidation sites excluding steroid dienone is 3. The van der Waals surface area contributed by atoms with E-state index in [2.05, 4.69) is 41.0 Å². The lowest BCUT2D eigenvalue weighted by molar-refractivity contribution is -0.877. The van der Waals surface area contributed by atoms with Gasteiger partial charge in [-0.05, 0) is 63.2 Å². The number of esters is 1. The maximum atomic E-state index is 12.9. The number of quaternary nitrogens is 1. The number of methoxy groups -OCH3 is 1. The van der Waals surface area contributed by atoms with Gasteiger partial charge in [0.25, 0.3) is 5.91 Å². The van der Waals surface area contributed by atoms with Gasteiger partial charge in [0.15, 0.2) is 6.54 Å². The fraction of sp³-hybridized carbons (Fsp3) is 0.481. The topological polar surface area (TPSA) is 67.4 Å². The highest BCUT2D eigenvalue weighted by molar-refractivity contribution is 5.91. The number of nitrogens with one attached hydrogen (secondary N) is 2. The van der Waals surface area contributed by atoms with Crippen LogP contribution in [-0.2, 0) is 27.2 Å². The van der Waals surface area contributed by atoms with E-state index in [1.54, 1.807) is 6.92 Å². The summed E-state index contributed by atoms with van der Waals surface area (Å²) in [6, 6.07) is 8.68. The second-order valence-electron chi connectivity index (χ2n) is 9.50. The van der Waals surface area contributed by atoms with Crippen LogP contribution >= 0.6 is 0 Å². The second-order valence-corrected chi connectivity index (χ2v) is 9.50. The Labute approximate surface area is 199 Å². The van der Waals surface area contributed by atoms with Crippen molar-refractivity contribution < 1.29 is 18.8 Å². The summed E-state index contributed by atoms with van der Waals surface area (Å²) < 4.78 is 5.32. The van der Waals surface area contributed by atoms with E-state index in [1.807, 2.05) is 40.9 Å². The zero-order valence-corrected chi connectivity index (χ0v) is 21.2. The van der Waals surface area contributed by atoms with Crippen molar-refractivity contribution in [2.75, 3.05) is 40.8 Å². The Morgan fingerprint density at radius 2 is 1.67 bits per heavy atom. The number of carbonyl (C=O) groups is 2. The van der Waals surface area contributed by atoms with Crippen molar-refractivity contribution in [2.24, 2.45) is 5.92 Å². The summed E-state index contributed by atoms with van der Waals surface area (Å²) in [5, 5.41) is 6.55. The maximum absolute atomic E-state index is 12.9. The smallest absolute Gasteiger partial charge is 0.335 e. The van der Waals surface area contributed by atoms with Crippen LogP contribution in [0, 0.1) is 5.92 Å². The first-order valence-corrected chi connectivity index (χ1v) is 11.6. The third kappa shape index (κ3) is 7.60. The van der Waals surface area contributed by atoms with Crippen LogP contribution in [0.5, 0.6) is 0 Å². The van der Waals surface area contributed by atoms with Gasteiger partial charge in [-0.2, -0.15) is 0 Å². The predicted molar refractivity (Wildman–Crippen MR) is 133 cm³/mol. The van der Waals surface area contributed by atoms with E-state index >= 15 is 0 Å². The molecule has 1 amide bonds. The lowest BCUT2D eigenvalue weighted by Crippen LogP contribution is -2.50. The summed E-state index contributed by atoms with van der Waals surface area (Å²) in [5.41, 5.74) is 5.78. The standard InChI is InChI=1S/C27H39N3O3/c1-8-19(3)26(20(4)27(32)33-7)29-25(31)18-30(5,6)17-24(9-2)28-16-21-14-22-12-10-11-13-23(22)15-21/h8-13,21,28H,14-18H2,1-7H3/p+1/b19-8-,24-9+. The van der Waals surface area contributed by atoms with E-state index < -0.39 is 5.97 Å². The highest BCUT2D eigenvalue weighted by Gasteiger charge is 2.25. The molecule has 6 heteroatoms. The van der Waals surface area contributed by atoms with E-state index in [1.165, 1.54) is 18.2 Å². The lowest BCUT2D eigenvalue weighted by atomic mass is 10.1. The Morgan fingerprint density at radius 3 is 2.18 bits per heavy atom. The van der Waals surface area contributed by atoms with E-state index in [0.717, 1.165) is 30.7 Å². The highest BCUT2D eigenvalue weighted by Crippen LogP contribution is 2.26. The number of likely N-dealkylation sites (N-methyl/N-ethyl adjacent to an activating group) is 1. The van der Waals surface area contributed by atoms with E-state index in [4.69, 9.17) is 4.74 Å². The zero-order valence-electron chi connectivity index (χ0n) is 21.2. The van der Waals surface area contributed by atoms with Gasteiger partial charge < -0.3 is 19.9 Å². The molecule has 0 spiro atoms. The normalized spacial score (nSPS) is 15.6. The molecule has 0 aliphatic heterocycles. The van der Waals surface area contributed by atoms with Crippen molar-refractivity contribution in [1.29, 1.82) is 0 Å². The van der Waals surface area contributed by atoms with Crippen molar-refractivity contribution in [2.45, 2.75) is 40.5 Å². The molecule has 2 rings (SSSR count). The molecule has 33 heavy (non-hydrogen) atoms. The summed E-state index contributed by atoms with van der Waals surface area (Å²) in [6.45, 7) is 9.35. The largest absolute Gasteiger partial charge is 0.466 e. The molecule has 2 N–H and O–H groups in total. The molecule has 0 saturated carbocycles. The Balaban J connectivity index is 1.95. The Morgan fingerprint density at radius 1 is 1.06 bits per heavy atom. The van der Waals surface area contributed by atoms with Crippen LogP contribution in [0.3, 0.4) is 0 Å². The molecule has 1 aromatic rings. The number of nitrogens with zero attached hydrogens (tertiary/aromatic N) is 1. The van der Waals surface area contributed by atoms with Gasteiger partial charge in [0.1, 0.15) is 6.54 Å². The molecule has 1 aliphatic carbocycles. The number of hydrogen-bond donors (Lipinski definition) is 2. The van der Waals surface area contributed by atoms with Crippen molar-refractivity contribution >= 4 is 11.9 Å². The number of rotatable bonds is 10. The van der Waals surface area contributed by atoms with Gasteiger partial charge in [-0.3, -0.25) is 4.79 Å². The average Bonchev–Trinajstić information content (AvgIpc) is 3.21. The molecule has 0 fully saturated rings. The molecule has 0 saturated heterocycles. The third-order valence-electron chi connectivity index (χ3n) is 6.23. The number of fused-ring (bicyclic) bond motifs is 1. The first kappa shape index (κ1) is 26.4. The average molecular weight is 455 g/mol. The fourth-order valence-corrected chi connectivity index (χ4v) is 4.29. The van der Waals surface area contributed by atoms with Crippen LogP contribution in [0.25, 0.3) is 0 Å². The molecule has 0 atom stereocenters. The molecule has 0 radical (unpaired) electrons. The molecule has 1 aliphatic rings. The predicted octanol–water partition coefficient (Wildman–Crippen LogP) is 3.50. The number of benzene rings is 1. The summed E-state index contributed by atoms with van der Waals surface area (Å²) >= 11 is 0. The highest BCUT2D eigenvalue weighted by atomic mass is 16.5. The third-order valence-corrected chi connectivity index (χ3v) is 6.23. The van der Waals surface area contributed by atoms with E-state index in [0.29, 0.717) is 28.2 Å². The molecule has 0 aromatic heterocycles. The Bertz CT molecular complexity index is 932. The summed E-state index contributed by atoms with van der Waals surface area (Å²) in [5.74, 6) is 0.00456. The van der Waals surface area contributed by atoms with Crippen molar-refractivity contribution in [3.05, 3.63) is 70.1 Å². The van der Waals surface area contributed by atoms with Crippen molar-refractivity contribution in [3.8, 4) is 0 Å². The van der Waals surface area contributed by atoms with Crippen LogP contribution in [0.4, 0.5) is 0 Å². The van der Waals surface area contributed by atoms with Gasteiger partial charge in [0.2, 0.25) is 0 Å². The summed E-state index contributed by atoms with van der Waals surface area (Å²) in [4.78, 5) is 24.9. The summed E-state index contributed by atoms with van der Waals surface area (Å²) in [7, 11) is 5.41. The minimum Gasteiger partial charge on any atom is -0.466 e. The van der Waals surface area contributed by atoms with Crippen molar-refractivity contribution in [3.63, 3.8) is 0 Å². The van der Waals surface area contributed by atoms with Crippen LogP contribution in [0.1, 0.15) is 38.8 Å². The van der Waals surface area contributed by atoms with Gasteiger partial charge in [-0.1, -0.05) is 36.4 Å². The summed E-state index contributed by atoms with van der Waals surface area (Å²) in [6.07, 6.45) is 6.18. The maximum Gasteiger partial charge on any atom is 0.335 e. The van der Waals surface area contributed by atoms with Crippen molar-refractivity contribution in [1.82, 2.24) is 10.6 Å². The fourth-order valence-electron chi connectivity index (χ4n) is 4.29.